The van der Waals surface area contributed by atoms with E-state index in [2.05, 4.69) is 27.4 Å². The van der Waals surface area contributed by atoms with Crippen LogP contribution in [0.15, 0.2) is 23.8 Å². The summed E-state index contributed by atoms with van der Waals surface area (Å²) in [7, 11) is 0. The monoisotopic (exact) mass is 180 g/mol. The van der Waals surface area contributed by atoms with E-state index in [-0.39, 0.29) is 0 Å². The van der Waals surface area contributed by atoms with Gasteiger partial charge in [-0.15, -0.1) is 6.58 Å². The zero-order chi connectivity index (χ0) is 10.1. The molecule has 0 fully saturated rings. The molecule has 13 heavy (non-hydrogen) atoms. The van der Waals surface area contributed by atoms with Crippen LogP contribution in [0.1, 0.15) is 59.3 Å². The van der Waals surface area contributed by atoms with Crippen molar-refractivity contribution in [1.29, 1.82) is 0 Å². The number of unbranched alkanes of at least 4 members (excludes halogenated alkanes) is 2. The summed E-state index contributed by atoms with van der Waals surface area (Å²) in [5.41, 5.74) is 3.20. The second kappa shape index (κ2) is 8.10. The summed E-state index contributed by atoms with van der Waals surface area (Å²) >= 11 is 0. The lowest BCUT2D eigenvalue weighted by Gasteiger charge is -2.06. The standard InChI is InChI=1S/C13H24/c1-5-7-8-9-11-13(4)12(3)10-6-2/h5H,1,6-11H2,2-4H3. The van der Waals surface area contributed by atoms with Gasteiger partial charge in [0.2, 0.25) is 0 Å². The quantitative estimate of drug-likeness (QED) is 0.387. The molecular weight excluding hydrogens is 156 g/mol. The van der Waals surface area contributed by atoms with Crippen LogP contribution >= 0.6 is 0 Å². The zero-order valence-corrected chi connectivity index (χ0v) is 9.53. The first-order valence-corrected chi connectivity index (χ1v) is 5.48. The highest BCUT2D eigenvalue weighted by atomic mass is 14.0. The van der Waals surface area contributed by atoms with Gasteiger partial charge in [0.25, 0.3) is 0 Å². The predicted molar refractivity (Wildman–Crippen MR) is 61.9 cm³/mol. The van der Waals surface area contributed by atoms with Crippen molar-refractivity contribution >= 4 is 0 Å². The van der Waals surface area contributed by atoms with Gasteiger partial charge in [-0.25, -0.2) is 0 Å². The topological polar surface area (TPSA) is 0 Å². The fraction of sp³-hybridized carbons (Fsp3) is 0.692. The zero-order valence-electron chi connectivity index (χ0n) is 9.53. The van der Waals surface area contributed by atoms with Gasteiger partial charge in [0, 0.05) is 0 Å². The first-order valence-electron chi connectivity index (χ1n) is 5.48. The van der Waals surface area contributed by atoms with Gasteiger partial charge in [-0.05, 0) is 46.0 Å². The predicted octanol–water partition coefficient (Wildman–Crippen LogP) is 4.87. The Labute approximate surface area is 83.7 Å². The maximum absolute atomic E-state index is 3.73. The normalized spacial score (nSPS) is 12.5. The minimum Gasteiger partial charge on any atom is -0.103 e. The van der Waals surface area contributed by atoms with Crippen molar-refractivity contribution in [2.75, 3.05) is 0 Å². The molecule has 0 spiro atoms. The van der Waals surface area contributed by atoms with E-state index in [0.29, 0.717) is 0 Å². The van der Waals surface area contributed by atoms with Crippen molar-refractivity contribution in [1.82, 2.24) is 0 Å². The Morgan fingerprint density at radius 2 is 1.69 bits per heavy atom. The molecule has 0 saturated carbocycles. The molecule has 0 aromatic heterocycles. The lowest BCUT2D eigenvalue weighted by atomic mass is 10.0. The Kier molecular flexibility index (Phi) is 7.77. The molecule has 0 atom stereocenters. The summed E-state index contributed by atoms with van der Waals surface area (Å²) in [5, 5.41) is 0. The Morgan fingerprint density at radius 3 is 2.23 bits per heavy atom. The van der Waals surface area contributed by atoms with E-state index in [4.69, 9.17) is 0 Å². The molecule has 0 nitrogen and oxygen atoms in total. The maximum Gasteiger partial charge on any atom is -0.0320 e. The molecule has 0 aliphatic heterocycles. The van der Waals surface area contributed by atoms with Crippen LogP contribution in [0, 0.1) is 0 Å². The van der Waals surface area contributed by atoms with E-state index in [9.17, 15) is 0 Å². The Bertz CT molecular complexity index is 163. The van der Waals surface area contributed by atoms with E-state index in [1.165, 1.54) is 38.5 Å². The van der Waals surface area contributed by atoms with Crippen molar-refractivity contribution in [3.8, 4) is 0 Å². The summed E-state index contributed by atoms with van der Waals surface area (Å²) in [6.07, 6.45) is 9.61. The van der Waals surface area contributed by atoms with Crippen molar-refractivity contribution in [3.05, 3.63) is 23.8 Å². The number of rotatable bonds is 7. The molecule has 0 bridgehead atoms. The van der Waals surface area contributed by atoms with Crippen LogP contribution in [0.4, 0.5) is 0 Å². The first kappa shape index (κ1) is 12.5. The van der Waals surface area contributed by atoms with E-state index in [1.54, 1.807) is 11.1 Å². The maximum atomic E-state index is 3.73. The van der Waals surface area contributed by atoms with Crippen LogP contribution in [0.25, 0.3) is 0 Å². The molecule has 0 rings (SSSR count). The summed E-state index contributed by atoms with van der Waals surface area (Å²) in [6.45, 7) is 10.5. The molecule has 0 aromatic carbocycles. The largest absolute Gasteiger partial charge is 0.103 e. The van der Waals surface area contributed by atoms with Crippen LogP contribution < -0.4 is 0 Å². The third-order valence-corrected chi connectivity index (χ3v) is 2.56. The second-order valence-corrected chi connectivity index (χ2v) is 3.85. The van der Waals surface area contributed by atoms with Gasteiger partial charge in [-0.3, -0.25) is 0 Å². The lowest BCUT2D eigenvalue weighted by Crippen LogP contribution is -1.85. The van der Waals surface area contributed by atoms with Gasteiger partial charge in [-0.1, -0.05) is 30.6 Å². The minimum absolute atomic E-state index is 1.17. The Hall–Kier alpha value is -0.520. The van der Waals surface area contributed by atoms with Gasteiger partial charge in [0.15, 0.2) is 0 Å². The summed E-state index contributed by atoms with van der Waals surface area (Å²) in [6, 6.07) is 0. The number of allylic oxidation sites excluding steroid dienone is 3. The van der Waals surface area contributed by atoms with E-state index in [0.717, 1.165) is 0 Å². The third-order valence-electron chi connectivity index (χ3n) is 2.56. The molecule has 0 unspecified atom stereocenters. The molecule has 0 radical (unpaired) electrons. The average Bonchev–Trinajstić information content (AvgIpc) is 2.12. The molecular formula is C13H24. The highest BCUT2D eigenvalue weighted by Crippen LogP contribution is 2.16. The molecule has 0 saturated heterocycles. The second-order valence-electron chi connectivity index (χ2n) is 3.85. The molecule has 0 aliphatic carbocycles. The molecule has 0 heteroatoms. The van der Waals surface area contributed by atoms with Crippen molar-refractivity contribution in [2.24, 2.45) is 0 Å². The number of hydrogen-bond donors (Lipinski definition) is 0. The van der Waals surface area contributed by atoms with Gasteiger partial charge in [-0.2, -0.15) is 0 Å². The van der Waals surface area contributed by atoms with Gasteiger partial charge >= 0.3 is 0 Å². The van der Waals surface area contributed by atoms with Crippen LogP contribution in [-0.2, 0) is 0 Å². The average molecular weight is 180 g/mol. The first-order chi connectivity index (χ1) is 6.22. The van der Waals surface area contributed by atoms with Crippen LogP contribution in [-0.4, -0.2) is 0 Å². The SMILES string of the molecule is C=CCCCCC(C)=C(C)CCC. The van der Waals surface area contributed by atoms with Crippen molar-refractivity contribution in [3.63, 3.8) is 0 Å². The van der Waals surface area contributed by atoms with Gasteiger partial charge in [0.05, 0.1) is 0 Å². The lowest BCUT2D eigenvalue weighted by molar-refractivity contribution is 0.731. The van der Waals surface area contributed by atoms with Crippen molar-refractivity contribution < 1.29 is 0 Å². The molecule has 76 valence electrons. The van der Waals surface area contributed by atoms with Gasteiger partial charge < -0.3 is 0 Å². The smallest absolute Gasteiger partial charge is 0.0320 e. The fourth-order valence-electron chi connectivity index (χ4n) is 1.48. The van der Waals surface area contributed by atoms with Crippen molar-refractivity contribution in [2.45, 2.75) is 59.3 Å². The van der Waals surface area contributed by atoms with E-state index >= 15 is 0 Å². The molecule has 0 N–H and O–H groups in total. The summed E-state index contributed by atoms with van der Waals surface area (Å²) in [4.78, 5) is 0. The highest BCUT2D eigenvalue weighted by molar-refractivity contribution is 5.09. The fourth-order valence-corrected chi connectivity index (χ4v) is 1.48. The van der Waals surface area contributed by atoms with E-state index in [1.807, 2.05) is 6.08 Å². The van der Waals surface area contributed by atoms with Gasteiger partial charge in [0.1, 0.15) is 0 Å². The summed E-state index contributed by atoms with van der Waals surface area (Å²) in [5.74, 6) is 0. The molecule has 0 aromatic rings. The van der Waals surface area contributed by atoms with Crippen LogP contribution in [0.5, 0.6) is 0 Å². The third kappa shape index (κ3) is 6.62. The Morgan fingerprint density at radius 1 is 1.08 bits per heavy atom. The molecule has 0 aliphatic rings. The number of hydrogen-bond acceptors (Lipinski definition) is 0. The molecule has 0 heterocycles. The minimum atomic E-state index is 1.17. The summed E-state index contributed by atoms with van der Waals surface area (Å²) < 4.78 is 0. The van der Waals surface area contributed by atoms with Crippen LogP contribution in [0.2, 0.25) is 0 Å². The van der Waals surface area contributed by atoms with E-state index < -0.39 is 0 Å². The Balaban J connectivity index is 3.64. The highest BCUT2D eigenvalue weighted by Gasteiger charge is 1.95. The molecule has 0 amide bonds. The van der Waals surface area contributed by atoms with Crippen LogP contribution in [0.3, 0.4) is 0 Å².